The summed E-state index contributed by atoms with van der Waals surface area (Å²) in [7, 11) is 2.18. The SMILES string of the molecule is CN1CCC[C@@H]1c1ccc(N2CCN(C(=O)OC(C)(C)C)CC2)nc1. The van der Waals surface area contributed by atoms with E-state index in [4.69, 9.17) is 4.74 Å². The van der Waals surface area contributed by atoms with Crippen molar-refractivity contribution in [2.45, 2.75) is 45.3 Å². The second kappa shape index (κ2) is 7.20. The molecule has 2 fully saturated rings. The minimum atomic E-state index is -0.445. The highest BCUT2D eigenvalue weighted by atomic mass is 16.6. The molecule has 0 radical (unpaired) electrons. The number of rotatable bonds is 2. The Bertz CT molecular complexity index is 588. The Morgan fingerprint density at radius 3 is 2.40 bits per heavy atom. The summed E-state index contributed by atoms with van der Waals surface area (Å²) in [5, 5.41) is 0. The molecular formula is C19H30N4O2. The topological polar surface area (TPSA) is 48.9 Å². The third kappa shape index (κ3) is 4.42. The maximum absolute atomic E-state index is 12.1. The number of piperazine rings is 1. The number of anilines is 1. The molecule has 3 heterocycles. The first-order valence-corrected chi connectivity index (χ1v) is 9.22. The molecule has 1 aromatic heterocycles. The molecule has 0 bridgehead atoms. The zero-order chi connectivity index (χ0) is 18.0. The van der Waals surface area contributed by atoms with Gasteiger partial charge >= 0.3 is 6.09 Å². The van der Waals surface area contributed by atoms with Crippen molar-refractivity contribution >= 4 is 11.9 Å². The Labute approximate surface area is 150 Å². The van der Waals surface area contributed by atoms with Crippen LogP contribution in [-0.2, 0) is 4.74 Å². The van der Waals surface area contributed by atoms with E-state index in [1.807, 2.05) is 27.0 Å². The first-order chi connectivity index (χ1) is 11.8. The molecule has 0 aliphatic carbocycles. The van der Waals surface area contributed by atoms with E-state index in [0.29, 0.717) is 19.1 Å². The van der Waals surface area contributed by atoms with Crippen molar-refractivity contribution in [1.29, 1.82) is 0 Å². The maximum Gasteiger partial charge on any atom is 0.410 e. The van der Waals surface area contributed by atoms with Gasteiger partial charge in [-0.25, -0.2) is 9.78 Å². The van der Waals surface area contributed by atoms with E-state index in [0.717, 1.165) is 18.9 Å². The van der Waals surface area contributed by atoms with Crippen molar-refractivity contribution in [2.75, 3.05) is 44.7 Å². The van der Waals surface area contributed by atoms with Gasteiger partial charge in [0.05, 0.1) is 0 Å². The quantitative estimate of drug-likeness (QED) is 0.824. The van der Waals surface area contributed by atoms with Crippen LogP contribution >= 0.6 is 0 Å². The van der Waals surface area contributed by atoms with Crippen LogP contribution in [0.2, 0.25) is 0 Å². The van der Waals surface area contributed by atoms with Crippen LogP contribution in [0.5, 0.6) is 0 Å². The minimum absolute atomic E-state index is 0.222. The largest absolute Gasteiger partial charge is 0.444 e. The lowest BCUT2D eigenvalue weighted by Gasteiger charge is -2.36. The summed E-state index contributed by atoms with van der Waals surface area (Å²) in [5.74, 6) is 0.994. The van der Waals surface area contributed by atoms with Crippen LogP contribution in [0.15, 0.2) is 18.3 Å². The standard InChI is InChI=1S/C19H30N4O2/c1-19(2,3)25-18(24)23-12-10-22(11-13-23)17-8-7-15(14-20-17)16-6-5-9-21(16)4/h7-8,14,16H,5-6,9-13H2,1-4H3/t16-/m1/s1. The van der Waals surface area contributed by atoms with Gasteiger partial charge in [0.1, 0.15) is 11.4 Å². The molecule has 2 saturated heterocycles. The zero-order valence-electron chi connectivity index (χ0n) is 15.9. The zero-order valence-corrected chi connectivity index (χ0v) is 15.9. The van der Waals surface area contributed by atoms with E-state index < -0.39 is 5.60 Å². The molecule has 1 atom stereocenters. The Hall–Kier alpha value is -1.82. The van der Waals surface area contributed by atoms with Gasteiger partial charge in [0.25, 0.3) is 0 Å². The van der Waals surface area contributed by atoms with Crippen LogP contribution in [0.1, 0.15) is 45.2 Å². The predicted molar refractivity (Wildman–Crippen MR) is 98.9 cm³/mol. The molecule has 0 aromatic carbocycles. The maximum atomic E-state index is 12.1. The lowest BCUT2D eigenvalue weighted by Crippen LogP contribution is -2.50. The number of pyridine rings is 1. The van der Waals surface area contributed by atoms with Crippen molar-refractivity contribution in [3.8, 4) is 0 Å². The molecule has 0 N–H and O–H groups in total. The summed E-state index contributed by atoms with van der Waals surface area (Å²) < 4.78 is 5.45. The van der Waals surface area contributed by atoms with Gasteiger partial charge in [0, 0.05) is 38.4 Å². The van der Waals surface area contributed by atoms with E-state index in [1.165, 1.54) is 24.9 Å². The number of amides is 1. The van der Waals surface area contributed by atoms with Crippen LogP contribution in [0.3, 0.4) is 0 Å². The molecular weight excluding hydrogens is 316 g/mol. The predicted octanol–water partition coefficient (Wildman–Crippen LogP) is 2.91. The van der Waals surface area contributed by atoms with Crippen LogP contribution < -0.4 is 4.90 Å². The number of hydrogen-bond donors (Lipinski definition) is 0. The first-order valence-electron chi connectivity index (χ1n) is 9.22. The average molecular weight is 346 g/mol. The summed E-state index contributed by atoms with van der Waals surface area (Å²) in [6.07, 6.45) is 4.27. The summed E-state index contributed by atoms with van der Waals surface area (Å²) in [5.41, 5.74) is 0.857. The Kier molecular flexibility index (Phi) is 5.18. The summed E-state index contributed by atoms with van der Waals surface area (Å²) >= 11 is 0. The molecule has 2 aliphatic heterocycles. The molecule has 6 nitrogen and oxygen atoms in total. The average Bonchev–Trinajstić information content (AvgIpc) is 3.00. The number of aromatic nitrogens is 1. The van der Waals surface area contributed by atoms with Gasteiger partial charge < -0.3 is 14.5 Å². The van der Waals surface area contributed by atoms with E-state index >= 15 is 0 Å². The van der Waals surface area contributed by atoms with Crippen LogP contribution in [0.25, 0.3) is 0 Å². The lowest BCUT2D eigenvalue weighted by molar-refractivity contribution is 0.0240. The Morgan fingerprint density at radius 1 is 1.16 bits per heavy atom. The minimum Gasteiger partial charge on any atom is -0.444 e. The molecule has 0 spiro atoms. The number of carbonyl (C=O) groups excluding carboxylic acids is 1. The molecule has 6 heteroatoms. The van der Waals surface area contributed by atoms with Crippen molar-refractivity contribution in [1.82, 2.24) is 14.8 Å². The molecule has 0 unspecified atom stereocenters. The third-order valence-electron chi connectivity index (χ3n) is 4.93. The monoisotopic (exact) mass is 346 g/mol. The van der Waals surface area contributed by atoms with E-state index in [9.17, 15) is 4.79 Å². The molecule has 2 aliphatic rings. The van der Waals surface area contributed by atoms with Gasteiger partial charge in [-0.2, -0.15) is 0 Å². The van der Waals surface area contributed by atoms with Gasteiger partial charge in [0.15, 0.2) is 0 Å². The highest BCUT2D eigenvalue weighted by Crippen LogP contribution is 2.30. The fourth-order valence-corrected chi connectivity index (χ4v) is 3.56. The van der Waals surface area contributed by atoms with Gasteiger partial charge in [0.2, 0.25) is 0 Å². The Morgan fingerprint density at radius 2 is 1.88 bits per heavy atom. The van der Waals surface area contributed by atoms with Crippen LogP contribution in [0.4, 0.5) is 10.6 Å². The van der Waals surface area contributed by atoms with Crippen molar-refractivity contribution < 1.29 is 9.53 Å². The second-order valence-electron chi connectivity index (χ2n) is 8.04. The van der Waals surface area contributed by atoms with E-state index in [2.05, 4.69) is 34.0 Å². The number of carbonyl (C=O) groups is 1. The number of hydrogen-bond acceptors (Lipinski definition) is 5. The van der Waals surface area contributed by atoms with Gasteiger partial charge in [-0.05, 0) is 58.8 Å². The number of nitrogens with zero attached hydrogens (tertiary/aromatic N) is 4. The molecule has 0 saturated carbocycles. The number of ether oxygens (including phenoxy) is 1. The summed E-state index contributed by atoms with van der Waals surface area (Å²) in [6.45, 7) is 9.77. The molecule has 25 heavy (non-hydrogen) atoms. The normalized spacial score (nSPS) is 22.3. The Balaban J connectivity index is 1.55. The van der Waals surface area contributed by atoms with Gasteiger partial charge in [-0.3, -0.25) is 4.90 Å². The summed E-state index contributed by atoms with van der Waals surface area (Å²) in [4.78, 5) is 23.2. The van der Waals surface area contributed by atoms with Gasteiger partial charge in [-0.15, -0.1) is 0 Å². The third-order valence-corrected chi connectivity index (χ3v) is 4.93. The molecule has 3 rings (SSSR count). The van der Waals surface area contributed by atoms with Crippen molar-refractivity contribution in [3.63, 3.8) is 0 Å². The smallest absolute Gasteiger partial charge is 0.410 e. The number of likely N-dealkylation sites (tertiary alicyclic amines) is 1. The van der Waals surface area contributed by atoms with E-state index in [-0.39, 0.29) is 6.09 Å². The van der Waals surface area contributed by atoms with Crippen LogP contribution in [0, 0.1) is 0 Å². The molecule has 1 amide bonds. The fraction of sp³-hybridized carbons (Fsp3) is 0.684. The molecule has 1 aromatic rings. The second-order valence-corrected chi connectivity index (χ2v) is 8.04. The summed E-state index contributed by atoms with van der Waals surface area (Å²) in [6, 6.07) is 4.82. The fourth-order valence-electron chi connectivity index (χ4n) is 3.56. The highest BCUT2D eigenvalue weighted by molar-refractivity contribution is 5.68. The molecule has 138 valence electrons. The first kappa shape index (κ1) is 18.0. The van der Waals surface area contributed by atoms with Crippen molar-refractivity contribution in [2.24, 2.45) is 0 Å². The van der Waals surface area contributed by atoms with E-state index in [1.54, 1.807) is 4.90 Å². The van der Waals surface area contributed by atoms with Gasteiger partial charge in [-0.1, -0.05) is 6.07 Å². The highest BCUT2D eigenvalue weighted by Gasteiger charge is 2.27. The van der Waals surface area contributed by atoms with Crippen molar-refractivity contribution in [3.05, 3.63) is 23.9 Å². The van der Waals surface area contributed by atoms with Crippen LogP contribution in [-0.4, -0.2) is 66.2 Å². The lowest BCUT2D eigenvalue weighted by atomic mass is 10.1.